The first-order valence-electron chi connectivity index (χ1n) is 7.76. The highest BCUT2D eigenvalue weighted by Crippen LogP contribution is 2.22. The van der Waals surface area contributed by atoms with Crippen LogP contribution in [0.4, 0.5) is 0 Å². The smallest absolute Gasteiger partial charge is 0.354 e. The minimum absolute atomic E-state index is 0.0804. The fourth-order valence-corrected chi connectivity index (χ4v) is 2.00. The van der Waals surface area contributed by atoms with Gasteiger partial charge in [-0.25, -0.2) is 4.79 Å². The van der Waals surface area contributed by atoms with Crippen LogP contribution in [0.5, 0.6) is 11.5 Å². The highest BCUT2D eigenvalue weighted by molar-refractivity contribution is 5.99. The first-order chi connectivity index (χ1) is 11.6. The zero-order chi connectivity index (χ0) is 17.4. The molecule has 24 heavy (non-hydrogen) atoms. The van der Waals surface area contributed by atoms with Crippen LogP contribution in [-0.4, -0.2) is 12.6 Å². The summed E-state index contributed by atoms with van der Waals surface area (Å²) in [4.78, 5) is 12.2. The average Bonchev–Trinajstić information content (AvgIpc) is 2.60. The maximum atomic E-state index is 12.2. The van der Waals surface area contributed by atoms with E-state index in [0.29, 0.717) is 23.7 Å². The zero-order valence-electron chi connectivity index (χ0n) is 13.8. The van der Waals surface area contributed by atoms with Crippen molar-refractivity contribution in [3.05, 3.63) is 65.2 Å². The molecule has 0 fully saturated rings. The van der Waals surface area contributed by atoms with E-state index >= 15 is 0 Å². The number of hydrogen-bond acceptors (Lipinski definition) is 4. The van der Waals surface area contributed by atoms with Crippen LogP contribution in [0.15, 0.2) is 54.1 Å². The molecule has 0 bridgehead atoms. The van der Waals surface area contributed by atoms with Crippen molar-refractivity contribution in [1.82, 2.24) is 0 Å². The van der Waals surface area contributed by atoms with Crippen molar-refractivity contribution >= 4 is 12.0 Å². The lowest BCUT2D eigenvalue weighted by atomic mass is 10.1. The third-order valence-corrected chi connectivity index (χ3v) is 3.25. The van der Waals surface area contributed by atoms with Crippen LogP contribution in [0.25, 0.3) is 6.08 Å². The standard InChI is InChI=1S/C20H19NO3/c1-3-12-23-19-7-5-4-6-16(19)13-17(14-21)20(22)24-18-10-8-15(2)9-11-18/h4-11,13H,3,12H2,1-2H3/b17-13+. The first kappa shape index (κ1) is 17.3. The Morgan fingerprint density at radius 2 is 1.88 bits per heavy atom. The Balaban J connectivity index is 2.21. The van der Waals surface area contributed by atoms with Crippen LogP contribution < -0.4 is 9.47 Å². The Morgan fingerprint density at radius 1 is 1.17 bits per heavy atom. The maximum absolute atomic E-state index is 12.2. The lowest BCUT2D eigenvalue weighted by Gasteiger charge is -2.08. The molecule has 0 amide bonds. The van der Waals surface area contributed by atoms with Crippen molar-refractivity contribution in [3.63, 3.8) is 0 Å². The van der Waals surface area contributed by atoms with Crippen molar-refractivity contribution in [1.29, 1.82) is 5.26 Å². The summed E-state index contributed by atoms with van der Waals surface area (Å²) in [6.45, 7) is 4.53. The number of carbonyl (C=O) groups is 1. The molecule has 0 radical (unpaired) electrons. The Labute approximate surface area is 141 Å². The first-order valence-corrected chi connectivity index (χ1v) is 7.76. The van der Waals surface area contributed by atoms with Crippen LogP contribution >= 0.6 is 0 Å². The molecule has 2 rings (SSSR count). The number of ether oxygens (including phenoxy) is 2. The molecule has 122 valence electrons. The number of hydrogen-bond donors (Lipinski definition) is 0. The van der Waals surface area contributed by atoms with Crippen molar-refractivity contribution in [3.8, 4) is 17.6 Å². The summed E-state index contributed by atoms with van der Waals surface area (Å²) in [5.41, 5.74) is 1.65. The van der Waals surface area contributed by atoms with Gasteiger partial charge in [-0.3, -0.25) is 0 Å². The van der Waals surface area contributed by atoms with Gasteiger partial charge in [0.1, 0.15) is 23.1 Å². The average molecular weight is 321 g/mol. The summed E-state index contributed by atoms with van der Waals surface area (Å²) in [5.74, 6) is 0.351. The summed E-state index contributed by atoms with van der Waals surface area (Å²) >= 11 is 0. The van der Waals surface area contributed by atoms with E-state index in [4.69, 9.17) is 9.47 Å². The predicted molar refractivity (Wildman–Crippen MR) is 92.6 cm³/mol. The van der Waals surface area contributed by atoms with Gasteiger partial charge >= 0.3 is 5.97 Å². The van der Waals surface area contributed by atoms with Crippen LogP contribution in [-0.2, 0) is 4.79 Å². The van der Waals surface area contributed by atoms with E-state index in [9.17, 15) is 10.1 Å². The van der Waals surface area contributed by atoms with E-state index in [2.05, 4.69) is 0 Å². The third kappa shape index (κ3) is 4.72. The molecule has 0 aromatic heterocycles. The SMILES string of the molecule is CCCOc1ccccc1/C=C(\C#N)C(=O)Oc1ccc(C)cc1. The second kappa shape index (κ2) is 8.54. The van der Waals surface area contributed by atoms with Crippen LogP contribution in [0.3, 0.4) is 0 Å². The number of para-hydroxylation sites is 1. The Kier molecular flexibility index (Phi) is 6.16. The number of rotatable bonds is 6. The molecule has 0 atom stereocenters. The summed E-state index contributed by atoms with van der Waals surface area (Å²) in [7, 11) is 0. The van der Waals surface area contributed by atoms with E-state index in [1.165, 1.54) is 6.08 Å². The second-order valence-electron chi connectivity index (χ2n) is 5.26. The summed E-state index contributed by atoms with van der Waals surface area (Å²) in [5, 5.41) is 9.29. The summed E-state index contributed by atoms with van der Waals surface area (Å²) in [6, 6.07) is 16.2. The molecule has 0 aliphatic carbocycles. The molecular formula is C20H19NO3. The highest BCUT2D eigenvalue weighted by atomic mass is 16.5. The van der Waals surface area contributed by atoms with Gasteiger partial charge in [0, 0.05) is 5.56 Å². The predicted octanol–water partition coefficient (Wildman–Crippen LogP) is 4.30. The number of nitrogens with zero attached hydrogens (tertiary/aromatic N) is 1. The molecule has 0 saturated heterocycles. The van der Waals surface area contributed by atoms with E-state index in [1.54, 1.807) is 18.2 Å². The molecule has 0 aliphatic rings. The van der Waals surface area contributed by atoms with E-state index in [1.807, 2.05) is 50.2 Å². The highest BCUT2D eigenvalue weighted by Gasteiger charge is 2.13. The monoisotopic (exact) mass is 321 g/mol. The number of carbonyl (C=O) groups excluding carboxylic acids is 1. The van der Waals surface area contributed by atoms with Gasteiger partial charge in [-0.2, -0.15) is 5.26 Å². The zero-order valence-corrected chi connectivity index (χ0v) is 13.8. The molecule has 0 unspecified atom stereocenters. The lowest BCUT2D eigenvalue weighted by Crippen LogP contribution is -2.10. The maximum Gasteiger partial charge on any atom is 0.354 e. The topological polar surface area (TPSA) is 59.3 Å². The van der Waals surface area contributed by atoms with Gasteiger partial charge in [0.15, 0.2) is 0 Å². The number of nitriles is 1. The molecule has 0 heterocycles. The molecule has 4 heteroatoms. The van der Waals surface area contributed by atoms with Gasteiger partial charge in [0.2, 0.25) is 0 Å². The van der Waals surface area contributed by atoms with Crippen LogP contribution in [0, 0.1) is 18.3 Å². The number of esters is 1. The van der Waals surface area contributed by atoms with Crippen LogP contribution in [0.1, 0.15) is 24.5 Å². The molecule has 4 nitrogen and oxygen atoms in total. The second-order valence-corrected chi connectivity index (χ2v) is 5.26. The minimum atomic E-state index is -0.688. The van der Waals surface area contributed by atoms with Crippen LogP contribution in [0.2, 0.25) is 0 Å². The Hall–Kier alpha value is -3.06. The van der Waals surface area contributed by atoms with Crippen molar-refractivity contribution in [2.24, 2.45) is 0 Å². The lowest BCUT2D eigenvalue weighted by molar-refractivity contribution is -0.129. The van der Waals surface area contributed by atoms with Crippen molar-refractivity contribution in [2.45, 2.75) is 20.3 Å². The normalized spacial score (nSPS) is 10.8. The van der Waals surface area contributed by atoms with E-state index in [0.717, 1.165) is 12.0 Å². The largest absolute Gasteiger partial charge is 0.493 e. The molecule has 0 spiro atoms. The molecule has 0 saturated carbocycles. The molecule has 0 aliphatic heterocycles. The van der Waals surface area contributed by atoms with E-state index in [-0.39, 0.29) is 5.57 Å². The third-order valence-electron chi connectivity index (χ3n) is 3.25. The molecule has 2 aromatic rings. The van der Waals surface area contributed by atoms with Gasteiger partial charge in [-0.05, 0) is 37.6 Å². The van der Waals surface area contributed by atoms with Gasteiger partial charge in [0.05, 0.1) is 6.61 Å². The van der Waals surface area contributed by atoms with Gasteiger partial charge < -0.3 is 9.47 Å². The quantitative estimate of drug-likeness (QED) is 0.344. The Bertz CT molecular complexity index is 770. The minimum Gasteiger partial charge on any atom is -0.493 e. The summed E-state index contributed by atoms with van der Waals surface area (Å²) < 4.78 is 10.9. The number of benzene rings is 2. The Morgan fingerprint density at radius 3 is 2.54 bits per heavy atom. The van der Waals surface area contributed by atoms with E-state index < -0.39 is 5.97 Å². The van der Waals surface area contributed by atoms with Gasteiger partial charge in [-0.15, -0.1) is 0 Å². The number of aryl methyl sites for hydroxylation is 1. The van der Waals surface area contributed by atoms with Gasteiger partial charge in [-0.1, -0.05) is 42.8 Å². The fraction of sp³-hybridized carbons (Fsp3) is 0.200. The molecule has 2 aromatic carbocycles. The molecule has 0 N–H and O–H groups in total. The summed E-state index contributed by atoms with van der Waals surface area (Å²) in [6.07, 6.45) is 2.36. The van der Waals surface area contributed by atoms with Crippen molar-refractivity contribution < 1.29 is 14.3 Å². The van der Waals surface area contributed by atoms with Crippen molar-refractivity contribution in [2.75, 3.05) is 6.61 Å². The molecular weight excluding hydrogens is 302 g/mol. The van der Waals surface area contributed by atoms with Gasteiger partial charge in [0.25, 0.3) is 0 Å². The fourth-order valence-electron chi connectivity index (χ4n) is 2.00.